The van der Waals surface area contributed by atoms with Crippen LogP contribution in [0.3, 0.4) is 0 Å². The number of carbonyl (C=O) groups excluding carboxylic acids is 1. The second-order valence-corrected chi connectivity index (χ2v) is 7.34. The lowest BCUT2D eigenvalue weighted by atomic mass is 9.86. The van der Waals surface area contributed by atoms with Crippen LogP contribution in [0, 0.1) is 13.8 Å². The SMILES string of the molecule is Cc1ccc(C)c(NC(=O)CCNc2ccccc2C(C)(C)C)c1. The number of para-hydroxylation sites is 1. The maximum absolute atomic E-state index is 12.2. The molecule has 0 aliphatic heterocycles. The van der Waals surface area contributed by atoms with Gasteiger partial charge in [-0.15, -0.1) is 0 Å². The third kappa shape index (κ3) is 4.85. The summed E-state index contributed by atoms with van der Waals surface area (Å²) in [5, 5.41) is 6.40. The van der Waals surface area contributed by atoms with Gasteiger partial charge in [0, 0.05) is 24.3 Å². The Hall–Kier alpha value is -2.29. The third-order valence-electron chi connectivity index (χ3n) is 4.07. The van der Waals surface area contributed by atoms with E-state index in [1.165, 1.54) is 5.56 Å². The Kier molecular flexibility index (Phi) is 5.66. The van der Waals surface area contributed by atoms with Crippen molar-refractivity contribution in [3.05, 3.63) is 59.2 Å². The van der Waals surface area contributed by atoms with Crippen molar-refractivity contribution in [2.24, 2.45) is 0 Å². The first-order valence-corrected chi connectivity index (χ1v) is 8.48. The molecule has 24 heavy (non-hydrogen) atoms. The maximum atomic E-state index is 12.2. The summed E-state index contributed by atoms with van der Waals surface area (Å²) in [5.41, 5.74) is 5.57. The van der Waals surface area contributed by atoms with Crippen molar-refractivity contribution in [1.29, 1.82) is 0 Å². The Labute approximate surface area is 145 Å². The van der Waals surface area contributed by atoms with Crippen LogP contribution in [0.4, 0.5) is 11.4 Å². The van der Waals surface area contributed by atoms with E-state index in [4.69, 9.17) is 0 Å². The lowest BCUT2D eigenvalue weighted by molar-refractivity contribution is -0.115. The minimum Gasteiger partial charge on any atom is -0.384 e. The first kappa shape index (κ1) is 18.1. The average Bonchev–Trinajstić information content (AvgIpc) is 2.50. The number of hydrogen-bond acceptors (Lipinski definition) is 2. The molecular formula is C21H28N2O. The lowest BCUT2D eigenvalue weighted by Gasteiger charge is -2.23. The van der Waals surface area contributed by atoms with E-state index in [1.54, 1.807) is 0 Å². The summed E-state index contributed by atoms with van der Waals surface area (Å²) in [5.74, 6) is 0.0319. The molecule has 3 nitrogen and oxygen atoms in total. The minimum absolute atomic E-state index is 0.0319. The van der Waals surface area contributed by atoms with Gasteiger partial charge in [-0.2, -0.15) is 0 Å². The fraction of sp³-hybridized carbons (Fsp3) is 0.381. The van der Waals surface area contributed by atoms with E-state index in [0.717, 1.165) is 22.5 Å². The molecule has 0 saturated carbocycles. The van der Waals surface area contributed by atoms with E-state index >= 15 is 0 Å². The zero-order valence-corrected chi connectivity index (χ0v) is 15.4. The summed E-state index contributed by atoms with van der Waals surface area (Å²) >= 11 is 0. The summed E-state index contributed by atoms with van der Waals surface area (Å²) in [6.45, 7) is 11.2. The van der Waals surface area contributed by atoms with Crippen molar-refractivity contribution in [3.63, 3.8) is 0 Å². The van der Waals surface area contributed by atoms with Gasteiger partial charge < -0.3 is 10.6 Å². The van der Waals surface area contributed by atoms with E-state index in [0.29, 0.717) is 13.0 Å². The molecular weight excluding hydrogens is 296 g/mol. The summed E-state index contributed by atoms with van der Waals surface area (Å²) in [7, 11) is 0. The van der Waals surface area contributed by atoms with E-state index < -0.39 is 0 Å². The standard InChI is InChI=1S/C21H28N2O/c1-15-10-11-16(2)19(14-15)23-20(24)12-13-22-18-9-7-6-8-17(18)21(3,4)5/h6-11,14,22H,12-13H2,1-5H3,(H,23,24). The highest BCUT2D eigenvalue weighted by atomic mass is 16.1. The van der Waals surface area contributed by atoms with E-state index in [2.05, 4.69) is 55.7 Å². The number of hydrogen-bond donors (Lipinski definition) is 2. The molecule has 0 aliphatic rings. The summed E-state index contributed by atoms with van der Waals surface area (Å²) in [6.07, 6.45) is 0.436. The molecule has 0 spiro atoms. The first-order chi connectivity index (χ1) is 11.3. The number of rotatable bonds is 5. The van der Waals surface area contributed by atoms with Gasteiger partial charge in [0.25, 0.3) is 0 Å². The number of amides is 1. The highest BCUT2D eigenvalue weighted by molar-refractivity contribution is 5.91. The maximum Gasteiger partial charge on any atom is 0.226 e. The molecule has 0 fully saturated rings. The number of carbonyl (C=O) groups is 1. The molecule has 0 saturated heterocycles. The number of benzene rings is 2. The van der Waals surface area contributed by atoms with Crippen LogP contribution in [0.5, 0.6) is 0 Å². The highest BCUT2D eigenvalue weighted by Gasteiger charge is 2.17. The molecule has 3 heteroatoms. The van der Waals surface area contributed by atoms with Crippen LogP contribution < -0.4 is 10.6 Å². The smallest absolute Gasteiger partial charge is 0.226 e. The second-order valence-electron chi connectivity index (χ2n) is 7.34. The predicted molar refractivity (Wildman–Crippen MR) is 103 cm³/mol. The molecule has 128 valence electrons. The van der Waals surface area contributed by atoms with Crippen LogP contribution in [0.1, 0.15) is 43.9 Å². The molecule has 0 aromatic heterocycles. The molecule has 0 aliphatic carbocycles. The molecule has 0 heterocycles. The van der Waals surface area contributed by atoms with Crippen LogP contribution >= 0.6 is 0 Å². The van der Waals surface area contributed by atoms with Crippen LogP contribution in [0.2, 0.25) is 0 Å². The first-order valence-electron chi connectivity index (χ1n) is 8.48. The van der Waals surface area contributed by atoms with Crippen LogP contribution in [-0.4, -0.2) is 12.5 Å². The van der Waals surface area contributed by atoms with Gasteiger partial charge in [-0.1, -0.05) is 51.1 Å². The largest absolute Gasteiger partial charge is 0.384 e. The van der Waals surface area contributed by atoms with Crippen molar-refractivity contribution in [2.75, 3.05) is 17.2 Å². The Morgan fingerprint density at radius 1 is 1.00 bits per heavy atom. The van der Waals surface area contributed by atoms with Crippen LogP contribution in [0.15, 0.2) is 42.5 Å². The topological polar surface area (TPSA) is 41.1 Å². The Morgan fingerprint density at radius 3 is 2.42 bits per heavy atom. The zero-order valence-electron chi connectivity index (χ0n) is 15.4. The van der Waals surface area contributed by atoms with Crippen molar-refractivity contribution in [2.45, 2.75) is 46.5 Å². The van der Waals surface area contributed by atoms with E-state index in [1.807, 2.05) is 32.0 Å². The summed E-state index contributed by atoms with van der Waals surface area (Å²) in [4.78, 5) is 12.2. The molecule has 0 radical (unpaired) electrons. The van der Waals surface area contributed by atoms with Crippen molar-refractivity contribution < 1.29 is 4.79 Å². The predicted octanol–water partition coefficient (Wildman–Crippen LogP) is 5.04. The van der Waals surface area contributed by atoms with Crippen molar-refractivity contribution in [1.82, 2.24) is 0 Å². The molecule has 1 amide bonds. The molecule has 0 unspecified atom stereocenters. The van der Waals surface area contributed by atoms with E-state index in [9.17, 15) is 4.79 Å². The van der Waals surface area contributed by atoms with Crippen molar-refractivity contribution >= 4 is 17.3 Å². The summed E-state index contributed by atoms with van der Waals surface area (Å²) in [6, 6.07) is 14.4. The average molecular weight is 324 g/mol. The fourth-order valence-corrected chi connectivity index (χ4v) is 2.69. The van der Waals surface area contributed by atoms with Gasteiger partial charge in [-0.3, -0.25) is 4.79 Å². The van der Waals surface area contributed by atoms with Gasteiger partial charge >= 0.3 is 0 Å². The summed E-state index contributed by atoms with van der Waals surface area (Å²) < 4.78 is 0. The molecule has 2 rings (SSSR count). The molecule has 2 N–H and O–H groups in total. The molecule has 2 aromatic rings. The molecule has 0 atom stereocenters. The Morgan fingerprint density at radius 2 is 1.71 bits per heavy atom. The van der Waals surface area contributed by atoms with Gasteiger partial charge in [0.05, 0.1) is 0 Å². The minimum atomic E-state index is 0.0319. The van der Waals surface area contributed by atoms with Gasteiger partial charge in [0.1, 0.15) is 0 Å². The number of anilines is 2. The quantitative estimate of drug-likeness (QED) is 0.809. The highest BCUT2D eigenvalue weighted by Crippen LogP contribution is 2.29. The monoisotopic (exact) mass is 324 g/mol. The van der Waals surface area contributed by atoms with Gasteiger partial charge in [-0.05, 0) is 48.1 Å². The Balaban J connectivity index is 1.93. The van der Waals surface area contributed by atoms with Gasteiger partial charge in [0.15, 0.2) is 0 Å². The normalized spacial score (nSPS) is 11.2. The van der Waals surface area contributed by atoms with Crippen molar-refractivity contribution in [3.8, 4) is 0 Å². The molecule has 2 aromatic carbocycles. The van der Waals surface area contributed by atoms with Gasteiger partial charge in [0.2, 0.25) is 5.91 Å². The fourth-order valence-electron chi connectivity index (χ4n) is 2.69. The zero-order chi connectivity index (χ0) is 17.7. The van der Waals surface area contributed by atoms with Gasteiger partial charge in [-0.25, -0.2) is 0 Å². The van der Waals surface area contributed by atoms with Crippen LogP contribution in [-0.2, 0) is 10.2 Å². The molecule has 0 bridgehead atoms. The second kappa shape index (κ2) is 7.52. The number of nitrogens with one attached hydrogen (secondary N) is 2. The Bertz CT molecular complexity index is 714. The third-order valence-corrected chi connectivity index (χ3v) is 4.07. The van der Waals surface area contributed by atoms with Crippen LogP contribution in [0.25, 0.3) is 0 Å². The van der Waals surface area contributed by atoms with E-state index in [-0.39, 0.29) is 11.3 Å². The number of aryl methyl sites for hydroxylation is 2. The lowest BCUT2D eigenvalue weighted by Crippen LogP contribution is -2.19.